The molecule has 0 unspecified atom stereocenters. The average Bonchev–Trinajstić information content (AvgIpc) is 2.52. The van der Waals surface area contributed by atoms with E-state index in [9.17, 15) is 18.0 Å². The molecule has 1 rings (SSSR count). The molecule has 23 heavy (non-hydrogen) atoms. The Labute approximate surface area is 138 Å². The first kappa shape index (κ1) is 19.9. The summed E-state index contributed by atoms with van der Waals surface area (Å²) in [5.74, 6) is -1.09. The Hall–Kier alpha value is -1.15. The number of nitrogens with zero attached hydrogens (tertiary/aromatic N) is 1. The molecule has 7 nitrogen and oxygen atoms in total. The second kappa shape index (κ2) is 8.63. The Balaban J connectivity index is 2.95. The van der Waals surface area contributed by atoms with Gasteiger partial charge in [0.25, 0.3) is 0 Å². The van der Waals surface area contributed by atoms with Gasteiger partial charge in [0, 0.05) is 13.1 Å². The summed E-state index contributed by atoms with van der Waals surface area (Å²) in [5, 5.41) is 2.59. The van der Waals surface area contributed by atoms with E-state index >= 15 is 0 Å². The van der Waals surface area contributed by atoms with Gasteiger partial charge in [-0.05, 0) is 19.8 Å². The van der Waals surface area contributed by atoms with E-state index in [1.165, 1.54) is 7.11 Å². The molecule has 0 bridgehead atoms. The number of carbonyl (C=O) groups excluding carboxylic acids is 2. The van der Waals surface area contributed by atoms with Crippen molar-refractivity contribution < 1.29 is 22.7 Å². The molecule has 8 heteroatoms. The first-order valence-electron chi connectivity index (χ1n) is 8.14. The summed E-state index contributed by atoms with van der Waals surface area (Å²) in [5.41, 5.74) is -0.986. The van der Waals surface area contributed by atoms with E-state index in [0.717, 1.165) is 23.6 Å². The van der Waals surface area contributed by atoms with Crippen LogP contribution in [-0.2, 0) is 24.3 Å². The van der Waals surface area contributed by atoms with Gasteiger partial charge in [-0.15, -0.1) is 0 Å². The second-order valence-corrected chi connectivity index (χ2v) is 7.94. The summed E-state index contributed by atoms with van der Waals surface area (Å²) in [4.78, 5) is 23.9. The maximum atomic E-state index is 12.7. The maximum absolute atomic E-state index is 12.7. The van der Waals surface area contributed by atoms with Crippen molar-refractivity contribution in [2.75, 3.05) is 32.5 Å². The van der Waals surface area contributed by atoms with Crippen LogP contribution in [0.4, 0.5) is 0 Å². The zero-order valence-corrected chi connectivity index (χ0v) is 15.1. The van der Waals surface area contributed by atoms with Gasteiger partial charge in [-0.1, -0.05) is 26.2 Å². The minimum atomic E-state index is -3.73. The van der Waals surface area contributed by atoms with Crippen LogP contribution in [-0.4, -0.2) is 57.1 Å². The van der Waals surface area contributed by atoms with Gasteiger partial charge in [0.2, 0.25) is 15.9 Å². The maximum Gasteiger partial charge on any atom is 0.312 e. The first-order valence-corrected chi connectivity index (χ1v) is 9.75. The highest BCUT2D eigenvalue weighted by Crippen LogP contribution is 2.39. The zero-order chi connectivity index (χ0) is 17.5. The molecule has 1 N–H and O–H groups in total. The molecule has 1 saturated carbocycles. The standard InChI is InChI=1S/C15H28N2O5S/c1-4-16-13(18)11-17(5-2)23(20,21)12-15(14(19)22-3)9-7-6-8-10-15/h4-12H2,1-3H3,(H,16,18). The van der Waals surface area contributed by atoms with E-state index in [1.807, 2.05) is 0 Å². The number of amides is 1. The van der Waals surface area contributed by atoms with Crippen LogP contribution in [0.2, 0.25) is 0 Å². The summed E-state index contributed by atoms with van der Waals surface area (Å²) < 4.78 is 31.5. The molecule has 0 aromatic rings. The Kier molecular flexibility index (Phi) is 7.47. The molecule has 0 aromatic heterocycles. The van der Waals surface area contributed by atoms with Crippen molar-refractivity contribution in [2.45, 2.75) is 46.0 Å². The Morgan fingerprint density at radius 2 is 1.78 bits per heavy atom. The molecule has 1 aliphatic carbocycles. The van der Waals surface area contributed by atoms with Gasteiger partial charge in [0.05, 0.1) is 24.8 Å². The van der Waals surface area contributed by atoms with Gasteiger partial charge >= 0.3 is 5.97 Å². The van der Waals surface area contributed by atoms with Gasteiger partial charge < -0.3 is 10.1 Å². The van der Waals surface area contributed by atoms with Crippen molar-refractivity contribution in [2.24, 2.45) is 5.41 Å². The number of hydrogen-bond donors (Lipinski definition) is 1. The fraction of sp³-hybridized carbons (Fsp3) is 0.867. The summed E-state index contributed by atoms with van der Waals surface area (Å²) >= 11 is 0. The Morgan fingerprint density at radius 3 is 2.26 bits per heavy atom. The van der Waals surface area contributed by atoms with Crippen molar-refractivity contribution in [1.29, 1.82) is 0 Å². The number of likely N-dealkylation sites (N-methyl/N-ethyl adjacent to an activating group) is 2. The third-order valence-corrected chi connectivity index (χ3v) is 6.42. The van der Waals surface area contributed by atoms with Crippen molar-refractivity contribution in [3.8, 4) is 0 Å². The second-order valence-electron chi connectivity index (χ2n) is 5.97. The SMILES string of the molecule is CCNC(=O)CN(CC)S(=O)(=O)CC1(C(=O)OC)CCCCC1. The van der Waals surface area contributed by atoms with Gasteiger partial charge in [-0.2, -0.15) is 4.31 Å². The number of methoxy groups -OCH3 is 1. The molecule has 0 saturated heterocycles. The van der Waals surface area contributed by atoms with Crippen LogP contribution >= 0.6 is 0 Å². The van der Waals surface area contributed by atoms with Crippen LogP contribution < -0.4 is 5.32 Å². The summed E-state index contributed by atoms with van der Waals surface area (Å²) in [6.07, 6.45) is 3.64. The lowest BCUT2D eigenvalue weighted by atomic mass is 9.75. The first-order chi connectivity index (χ1) is 10.8. The summed E-state index contributed by atoms with van der Waals surface area (Å²) in [6, 6.07) is 0. The van der Waals surface area contributed by atoms with E-state index in [4.69, 9.17) is 4.74 Å². The lowest BCUT2D eigenvalue weighted by molar-refractivity contribution is -0.153. The van der Waals surface area contributed by atoms with Crippen molar-refractivity contribution in [3.63, 3.8) is 0 Å². The summed E-state index contributed by atoms with van der Waals surface area (Å²) in [7, 11) is -2.44. The lowest BCUT2D eigenvalue weighted by Crippen LogP contribution is -2.47. The van der Waals surface area contributed by atoms with E-state index in [-0.39, 0.29) is 24.7 Å². The molecule has 134 valence electrons. The molecular weight excluding hydrogens is 320 g/mol. The average molecular weight is 348 g/mol. The predicted octanol–water partition coefficient (Wildman–Crippen LogP) is 0.898. The highest BCUT2D eigenvalue weighted by atomic mass is 32.2. The highest BCUT2D eigenvalue weighted by molar-refractivity contribution is 7.89. The van der Waals surface area contributed by atoms with Gasteiger partial charge in [0.15, 0.2) is 0 Å². The van der Waals surface area contributed by atoms with Crippen LogP contribution in [0.25, 0.3) is 0 Å². The third-order valence-electron chi connectivity index (χ3n) is 4.33. The highest BCUT2D eigenvalue weighted by Gasteiger charge is 2.45. The molecule has 0 radical (unpaired) electrons. The van der Waals surface area contributed by atoms with E-state index in [1.54, 1.807) is 13.8 Å². The Bertz CT molecular complexity index is 512. The minimum absolute atomic E-state index is 0.191. The number of hydrogen-bond acceptors (Lipinski definition) is 5. The number of rotatable bonds is 8. The quantitative estimate of drug-likeness (QED) is 0.658. The molecule has 1 aliphatic rings. The van der Waals surface area contributed by atoms with Crippen molar-refractivity contribution >= 4 is 21.9 Å². The monoisotopic (exact) mass is 348 g/mol. The van der Waals surface area contributed by atoms with Gasteiger partial charge in [-0.3, -0.25) is 9.59 Å². The van der Waals surface area contributed by atoms with E-state index in [2.05, 4.69) is 5.32 Å². The van der Waals surface area contributed by atoms with Gasteiger partial charge in [0.1, 0.15) is 0 Å². The molecular formula is C15H28N2O5S. The largest absolute Gasteiger partial charge is 0.469 e. The van der Waals surface area contributed by atoms with Crippen LogP contribution in [0.5, 0.6) is 0 Å². The minimum Gasteiger partial charge on any atom is -0.469 e. The number of nitrogens with one attached hydrogen (secondary N) is 1. The van der Waals surface area contributed by atoms with Gasteiger partial charge in [-0.25, -0.2) is 8.42 Å². The van der Waals surface area contributed by atoms with E-state index < -0.39 is 21.4 Å². The van der Waals surface area contributed by atoms with E-state index in [0.29, 0.717) is 19.4 Å². The van der Waals surface area contributed by atoms with Crippen molar-refractivity contribution in [1.82, 2.24) is 9.62 Å². The molecule has 0 aromatic carbocycles. The van der Waals surface area contributed by atoms with Crippen LogP contribution in [0.15, 0.2) is 0 Å². The molecule has 0 aliphatic heterocycles. The zero-order valence-electron chi connectivity index (χ0n) is 14.3. The van der Waals surface area contributed by atoms with Crippen LogP contribution in [0.1, 0.15) is 46.0 Å². The molecule has 0 atom stereocenters. The van der Waals surface area contributed by atoms with Crippen LogP contribution in [0, 0.1) is 5.41 Å². The molecule has 0 spiro atoms. The van der Waals surface area contributed by atoms with Crippen molar-refractivity contribution in [3.05, 3.63) is 0 Å². The third kappa shape index (κ3) is 5.17. The topological polar surface area (TPSA) is 92.8 Å². The molecule has 1 fully saturated rings. The number of sulfonamides is 1. The number of ether oxygens (including phenoxy) is 1. The summed E-state index contributed by atoms with van der Waals surface area (Å²) in [6.45, 7) is 3.88. The smallest absolute Gasteiger partial charge is 0.312 e. The number of esters is 1. The lowest BCUT2D eigenvalue weighted by Gasteiger charge is -2.35. The predicted molar refractivity (Wildman–Crippen MR) is 87.3 cm³/mol. The fourth-order valence-corrected chi connectivity index (χ4v) is 5.11. The normalized spacial score (nSPS) is 17.7. The molecule has 0 heterocycles. The van der Waals surface area contributed by atoms with Crippen LogP contribution in [0.3, 0.4) is 0 Å². The molecule has 1 amide bonds. The fourth-order valence-electron chi connectivity index (χ4n) is 3.11. The number of carbonyl (C=O) groups is 2. The Morgan fingerprint density at radius 1 is 1.17 bits per heavy atom.